The molecule has 2 heterocycles. The minimum absolute atomic E-state index is 0.107. The summed E-state index contributed by atoms with van der Waals surface area (Å²) >= 11 is 1.50. The number of aryl methyl sites for hydroxylation is 4. The number of carbonyl (C=O) groups excluding carboxylic acids is 2. The molecular weight excluding hydrogens is 422 g/mol. The number of benzene rings is 1. The lowest BCUT2D eigenvalue weighted by molar-refractivity contribution is -0.118. The van der Waals surface area contributed by atoms with Crippen molar-refractivity contribution in [2.24, 2.45) is 0 Å². The van der Waals surface area contributed by atoms with Gasteiger partial charge in [0.2, 0.25) is 0 Å². The number of hydrogen-bond donors (Lipinski definition) is 2. The van der Waals surface area contributed by atoms with Gasteiger partial charge in [-0.05, 0) is 68.4 Å². The number of nitrogens with one attached hydrogen (secondary N) is 2. The molecule has 0 atom stereocenters. The van der Waals surface area contributed by atoms with E-state index in [0.717, 1.165) is 52.8 Å². The fourth-order valence-corrected chi connectivity index (χ4v) is 5.50. The Kier molecular flexibility index (Phi) is 6.55. The summed E-state index contributed by atoms with van der Waals surface area (Å²) in [7, 11) is 0. The lowest BCUT2D eigenvalue weighted by Crippen LogP contribution is -2.26. The van der Waals surface area contributed by atoms with E-state index in [1.165, 1.54) is 16.2 Å². The zero-order valence-electron chi connectivity index (χ0n) is 18.6. The van der Waals surface area contributed by atoms with Crippen LogP contribution in [0.5, 0.6) is 5.75 Å². The van der Waals surface area contributed by atoms with E-state index >= 15 is 0 Å². The van der Waals surface area contributed by atoms with Crippen molar-refractivity contribution in [3.63, 3.8) is 0 Å². The van der Waals surface area contributed by atoms with E-state index in [4.69, 9.17) is 4.74 Å². The molecule has 2 N–H and O–H groups in total. The quantitative estimate of drug-likeness (QED) is 0.556. The highest BCUT2D eigenvalue weighted by Gasteiger charge is 2.27. The van der Waals surface area contributed by atoms with E-state index < -0.39 is 0 Å². The van der Waals surface area contributed by atoms with Crippen molar-refractivity contribution in [2.45, 2.75) is 46.6 Å². The first-order valence-corrected chi connectivity index (χ1v) is 11.6. The minimum Gasteiger partial charge on any atom is -0.483 e. The number of anilines is 1. The molecule has 0 aliphatic heterocycles. The van der Waals surface area contributed by atoms with Gasteiger partial charge in [-0.1, -0.05) is 23.8 Å². The van der Waals surface area contributed by atoms with Crippen molar-refractivity contribution in [1.29, 1.82) is 0 Å². The van der Waals surface area contributed by atoms with Gasteiger partial charge in [0.05, 0.1) is 5.56 Å². The van der Waals surface area contributed by atoms with E-state index in [1.54, 1.807) is 12.4 Å². The van der Waals surface area contributed by atoms with Crippen molar-refractivity contribution < 1.29 is 14.3 Å². The number of aromatic nitrogens is 1. The number of rotatable bonds is 7. The molecule has 0 bridgehead atoms. The number of nitrogens with zero attached hydrogens (tertiary/aromatic N) is 1. The van der Waals surface area contributed by atoms with E-state index in [9.17, 15) is 9.59 Å². The maximum absolute atomic E-state index is 13.0. The number of fused-ring (bicyclic) bond motifs is 1. The smallest absolute Gasteiger partial charge is 0.262 e. The Hall–Kier alpha value is -3.19. The number of hydrogen-bond acceptors (Lipinski definition) is 5. The Morgan fingerprint density at radius 1 is 1.16 bits per heavy atom. The van der Waals surface area contributed by atoms with Gasteiger partial charge in [0.25, 0.3) is 11.8 Å². The second-order valence-corrected chi connectivity index (χ2v) is 9.28. The van der Waals surface area contributed by atoms with E-state index in [0.29, 0.717) is 17.1 Å². The van der Waals surface area contributed by atoms with Gasteiger partial charge in [-0.3, -0.25) is 14.6 Å². The van der Waals surface area contributed by atoms with Gasteiger partial charge in [-0.15, -0.1) is 11.3 Å². The van der Waals surface area contributed by atoms with Crippen LogP contribution in [-0.4, -0.2) is 23.4 Å². The summed E-state index contributed by atoms with van der Waals surface area (Å²) in [4.78, 5) is 31.0. The molecule has 0 spiro atoms. The predicted molar refractivity (Wildman–Crippen MR) is 127 cm³/mol. The first-order chi connectivity index (χ1) is 15.4. The van der Waals surface area contributed by atoms with Crippen molar-refractivity contribution in [1.82, 2.24) is 10.3 Å². The molecule has 1 aliphatic carbocycles. The molecule has 166 valence electrons. The van der Waals surface area contributed by atoms with Gasteiger partial charge in [-0.2, -0.15) is 0 Å². The van der Waals surface area contributed by atoms with Crippen molar-refractivity contribution in [2.75, 3.05) is 11.9 Å². The fourth-order valence-electron chi connectivity index (χ4n) is 4.20. The maximum atomic E-state index is 13.0. The molecular formula is C25H27N3O3S. The molecule has 7 heteroatoms. The highest BCUT2D eigenvalue weighted by molar-refractivity contribution is 7.17. The molecule has 1 aromatic carbocycles. The molecule has 2 amide bonds. The first-order valence-electron chi connectivity index (χ1n) is 10.7. The average molecular weight is 450 g/mol. The van der Waals surface area contributed by atoms with Crippen LogP contribution >= 0.6 is 11.3 Å². The third-order valence-corrected chi connectivity index (χ3v) is 6.74. The summed E-state index contributed by atoms with van der Waals surface area (Å²) in [6.07, 6.45) is 6.26. The lowest BCUT2D eigenvalue weighted by Gasteiger charge is -2.13. The standard InChI is InChI=1S/C25H27N3O3S/c1-15-10-16(2)23(17(3)11-15)31-14-21(29)28-25-22(19-7-4-8-20(19)32-25)24(30)27-13-18-6-5-9-26-12-18/h5-6,9-12H,4,7-8,13-14H2,1-3H3,(H,27,30)(H,28,29). The fraction of sp³-hybridized carbons (Fsp3) is 0.320. The molecule has 0 saturated carbocycles. The van der Waals surface area contributed by atoms with Crippen LogP contribution in [0.4, 0.5) is 5.00 Å². The van der Waals surface area contributed by atoms with Gasteiger partial charge in [-0.25, -0.2) is 0 Å². The number of pyridine rings is 1. The molecule has 0 fully saturated rings. The SMILES string of the molecule is Cc1cc(C)c(OCC(=O)Nc2sc3c(c2C(=O)NCc2cccnc2)CCC3)c(C)c1. The summed E-state index contributed by atoms with van der Waals surface area (Å²) in [6.45, 7) is 6.26. The molecule has 0 unspecified atom stereocenters. The Labute approximate surface area is 192 Å². The molecule has 4 rings (SSSR count). The lowest BCUT2D eigenvalue weighted by atomic mass is 10.1. The Morgan fingerprint density at radius 3 is 2.66 bits per heavy atom. The van der Waals surface area contributed by atoms with Crippen LogP contribution in [0.2, 0.25) is 0 Å². The van der Waals surface area contributed by atoms with Crippen LogP contribution in [-0.2, 0) is 24.2 Å². The van der Waals surface area contributed by atoms with Gasteiger partial charge < -0.3 is 15.4 Å². The molecule has 1 aliphatic rings. The zero-order valence-corrected chi connectivity index (χ0v) is 19.4. The van der Waals surface area contributed by atoms with Crippen molar-refractivity contribution in [3.05, 3.63) is 74.9 Å². The van der Waals surface area contributed by atoms with Crippen LogP contribution in [0, 0.1) is 20.8 Å². The van der Waals surface area contributed by atoms with Gasteiger partial charge in [0.15, 0.2) is 6.61 Å². The van der Waals surface area contributed by atoms with E-state index in [-0.39, 0.29) is 18.4 Å². The highest BCUT2D eigenvalue weighted by atomic mass is 32.1. The normalized spacial score (nSPS) is 12.3. The van der Waals surface area contributed by atoms with Gasteiger partial charge in [0.1, 0.15) is 10.8 Å². The monoisotopic (exact) mass is 449 g/mol. The summed E-state index contributed by atoms with van der Waals surface area (Å²) in [5, 5.41) is 6.49. The molecule has 32 heavy (non-hydrogen) atoms. The third-order valence-electron chi connectivity index (χ3n) is 5.53. The maximum Gasteiger partial charge on any atom is 0.262 e. The second-order valence-electron chi connectivity index (χ2n) is 8.17. The first kappa shape index (κ1) is 22.0. The predicted octanol–water partition coefficient (Wildman–Crippen LogP) is 4.50. The molecule has 0 saturated heterocycles. The second kappa shape index (κ2) is 9.53. The molecule has 0 radical (unpaired) electrons. The summed E-state index contributed by atoms with van der Waals surface area (Å²) in [5.74, 6) is 0.286. The van der Waals surface area contributed by atoms with Gasteiger partial charge in [0, 0.05) is 23.8 Å². The third kappa shape index (κ3) is 4.83. The number of carbonyl (C=O) groups is 2. The number of amides is 2. The van der Waals surface area contributed by atoms with Crippen LogP contribution in [0.25, 0.3) is 0 Å². The van der Waals surface area contributed by atoms with Gasteiger partial charge >= 0.3 is 0 Å². The number of thiophene rings is 1. The summed E-state index contributed by atoms with van der Waals surface area (Å²) in [6, 6.07) is 7.83. The van der Waals surface area contributed by atoms with Crippen molar-refractivity contribution >= 4 is 28.2 Å². The molecule has 3 aromatic rings. The summed E-state index contributed by atoms with van der Waals surface area (Å²) in [5.41, 5.74) is 5.73. The topological polar surface area (TPSA) is 80.3 Å². The average Bonchev–Trinajstić information content (AvgIpc) is 3.32. The summed E-state index contributed by atoms with van der Waals surface area (Å²) < 4.78 is 5.82. The Bertz CT molecular complexity index is 1130. The Balaban J connectivity index is 1.45. The van der Waals surface area contributed by atoms with E-state index in [2.05, 4.69) is 15.6 Å². The number of ether oxygens (including phenoxy) is 1. The molecule has 2 aromatic heterocycles. The zero-order chi connectivity index (χ0) is 22.7. The largest absolute Gasteiger partial charge is 0.483 e. The van der Waals surface area contributed by atoms with E-state index in [1.807, 2.05) is 45.0 Å². The molecule has 6 nitrogen and oxygen atoms in total. The van der Waals surface area contributed by atoms with Crippen LogP contribution < -0.4 is 15.4 Å². The highest BCUT2D eigenvalue weighted by Crippen LogP contribution is 2.39. The minimum atomic E-state index is -0.273. The Morgan fingerprint density at radius 2 is 1.94 bits per heavy atom. The van der Waals surface area contributed by atoms with Crippen LogP contribution in [0.15, 0.2) is 36.7 Å². The van der Waals surface area contributed by atoms with Crippen LogP contribution in [0.1, 0.15) is 49.5 Å². The van der Waals surface area contributed by atoms with Crippen molar-refractivity contribution in [3.8, 4) is 5.75 Å². The van der Waals surface area contributed by atoms with Crippen LogP contribution in [0.3, 0.4) is 0 Å².